The summed E-state index contributed by atoms with van der Waals surface area (Å²) in [5.74, 6) is -1.93. The number of carbonyl (C=O) groups excluding carboxylic acids is 3. The number of benzene rings is 2. The molecule has 1 aliphatic rings. The van der Waals surface area contributed by atoms with E-state index in [1.807, 2.05) is 72.8 Å². The van der Waals surface area contributed by atoms with Crippen molar-refractivity contribution in [2.75, 3.05) is 19.8 Å². The molecular formula is C30H38N2O6. The Balaban J connectivity index is 1.72. The molecule has 1 aliphatic heterocycles. The molecule has 3 N–H and O–H groups in total. The first-order valence-corrected chi connectivity index (χ1v) is 13.1. The molecule has 0 fully saturated rings. The molecule has 38 heavy (non-hydrogen) atoms. The van der Waals surface area contributed by atoms with Crippen LogP contribution in [0, 0.1) is 11.8 Å². The summed E-state index contributed by atoms with van der Waals surface area (Å²) in [6.07, 6.45) is 5.05. The standard InChI is InChI=1S/C30H38N2O6/c1-22(18-33)31-28(34)17-25-14-8-9-15-26(16-23-10-4-2-5-11-23)30(36)38-21-27(32-29(25)35)20-37-19-24-12-6-3-7-13-24/h2-13,22,25-27,33H,14-21H2,1H3,(H,31,34)(H,32,35)/t22-,25+,26+,27-/m0/s1. The van der Waals surface area contributed by atoms with Gasteiger partial charge in [0.05, 0.1) is 37.7 Å². The van der Waals surface area contributed by atoms with Gasteiger partial charge >= 0.3 is 5.97 Å². The number of esters is 1. The van der Waals surface area contributed by atoms with E-state index in [9.17, 15) is 19.5 Å². The van der Waals surface area contributed by atoms with E-state index < -0.39 is 18.0 Å². The summed E-state index contributed by atoms with van der Waals surface area (Å²) in [6.45, 7) is 1.98. The number of amides is 2. The number of cyclic esters (lactones) is 1. The molecule has 0 bridgehead atoms. The Kier molecular flexibility index (Phi) is 12.0. The van der Waals surface area contributed by atoms with Gasteiger partial charge in [0.2, 0.25) is 11.8 Å². The van der Waals surface area contributed by atoms with Crippen molar-refractivity contribution in [3.05, 3.63) is 83.9 Å². The first-order chi connectivity index (χ1) is 18.4. The van der Waals surface area contributed by atoms with Gasteiger partial charge < -0.3 is 25.2 Å². The number of aliphatic hydroxyl groups is 1. The van der Waals surface area contributed by atoms with Crippen molar-refractivity contribution in [1.82, 2.24) is 10.6 Å². The molecule has 0 aromatic heterocycles. The second-order valence-corrected chi connectivity index (χ2v) is 9.72. The first-order valence-electron chi connectivity index (χ1n) is 13.1. The number of aliphatic hydroxyl groups excluding tert-OH is 1. The molecule has 8 nitrogen and oxygen atoms in total. The highest BCUT2D eigenvalue weighted by Crippen LogP contribution is 2.18. The Bertz CT molecular complexity index is 1040. The van der Waals surface area contributed by atoms with Crippen LogP contribution in [0.1, 0.15) is 37.3 Å². The zero-order valence-electron chi connectivity index (χ0n) is 21.9. The van der Waals surface area contributed by atoms with Gasteiger partial charge in [0.25, 0.3) is 0 Å². The minimum atomic E-state index is -0.614. The van der Waals surface area contributed by atoms with E-state index in [1.165, 1.54) is 0 Å². The van der Waals surface area contributed by atoms with E-state index in [4.69, 9.17) is 9.47 Å². The third-order valence-corrected chi connectivity index (χ3v) is 6.35. The van der Waals surface area contributed by atoms with Crippen molar-refractivity contribution >= 4 is 17.8 Å². The lowest BCUT2D eigenvalue weighted by Crippen LogP contribution is -2.46. The summed E-state index contributed by atoms with van der Waals surface area (Å²) in [4.78, 5) is 38.7. The number of carbonyl (C=O) groups is 3. The van der Waals surface area contributed by atoms with Gasteiger partial charge in [-0.25, -0.2) is 0 Å². The van der Waals surface area contributed by atoms with Crippen LogP contribution < -0.4 is 10.6 Å². The van der Waals surface area contributed by atoms with Crippen LogP contribution >= 0.6 is 0 Å². The molecule has 0 saturated carbocycles. The molecule has 1 heterocycles. The van der Waals surface area contributed by atoms with Crippen molar-refractivity contribution < 1.29 is 29.0 Å². The molecule has 0 spiro atoms. The van der Waals surface area contributed by atoms with Crippen LogP contribution in [0.25, 0.3) is 0 Å². The third-order valence-electron chi connectivity index (χ3n) is 6.35. The normalized spacial score (nSPS) is 21.4. The predicted octanol–water partition coefficient (Wildman–Crippen LogP) is 2.94. The molecule has 204 valence electrons. The lowest BCUT2D eigenvalue weighted by molar-refractivity contribution is -0.150. The fourth-order valence-corrected chi connectivity index (χ4v) is 4.21. The average molecular weight is 523 g/mol. The molecule has 2 amide bonds. The SMILES string of the molecule is C[C@@H](CO)NC(=O)C[C@H]1CC=CC[C@H](Cc2ccccc2)C(=O)OC[C@H](COCc2ccccc2)NC1=O. The monoisotopic (exact) mass is 522 g/mol. The lowest BCUT2D eigenvalue weighted by Gasteiger charge is -2.24. The number of nitrogens with one attached hydrogen (secondary N) is 2. The van der Waals surface area contributed by atoms with Gasteiger partial charge in [-0.3, -0.25) is 14.4 Å². The van der Waals surface area contributed by atoms with E-state index >= 15 is 0 Å². The molecular weight excluding hydrogens is 484 g/mol. The lowest BCUT2D eigenvalue weighted by atomic mass is 9.94. The molecule has 4 atom stereocenters. The van der Waals surface area contributed by atoms with Crippen LogP contribution in [0.2, 0.25) is 0 Å². The second kappa shape index (κ2) is 15.7. The van der Waals surface area contributed by atoms with Crippen LogP contribution in [0.15, 0.2) is 72.8 Å². The number of ether oxygens (including phenoxy) is 2. The minimum Gasteiger partial charge on any atom is -0.463 e. The Morgan fingerprint density at radius 3 is 2.32 bits per heavy atom. The van der Waals surface area contributed by atoms with Crippen molar-refractivity contribution in [1.29, 1.82) is 0 Å². The molecule has 2 aromatic rings. The van der Waals surface area contributed by atoms with E-state index in [0.29, 0.717) is 25.9 Å². The Labute approximate surface area is 224 Å². The summed E-state index contributed by atoms with van der Waals surface area (Å²) < 4.78 is 11.5. The van der Waals surface area contributed by atoms with Gasteiger partial charge in [0.1, 0.15) is 6.61 Å². The molecule has 0 unspecified atom stereocenters. The number of hydrogen-bond acceptors (Lipinski definition) is 6. The molecule has 3 rings (SSSR count). The largest absolute Gasteiger partial charge is 0.463 e. The van der Waals surface area contributed by atoms with Crippen molar-refractivity contribution in [2.45, 2.75) is 51.3 Å². The van der Waals surface area contributed by atoms with Crippen LogP contribution in [0.5, 0.6) is 0 Å². The topological polar surface area (TPSA) is 114 Å². The maximum Gasteiger partial charge on any atom is 0.309 e. The fraction of sp³-hybridized carbons (Fsp3) is 0.433. The molecule has 8 heteroatoms. The van der Waals surface area contributed by atoms with Gasteiger partial charge in [0.15, 0.2) is 0 Å². The summed E-state index contributed by atoms with van der Waals surface area (Å²) in [5.41, 5.74) is 2.03. The van der Waals surface area contributed by atoms with Crippen LogP contribution in [-0.4, -0.2) is 54.8 Å². The second-order valence-electron chi connectivity index (χ2n) is 9.72. The zero-order valence-corrected chi connectivity index (χ0v) is 21.9. The quantitative estimate of drug-likeness (QED) is 0.327. The summed E-state index contributed by atoms with van der Waals surface area (Å²) in [6, 6.07) is 18.5. The summed E-state index contributed by atoms with van der Waals surface area (Å²) >= 11 is 0. The van der Waals surface area contributed by atoms with Crippen molar-refractivity contribution in [3.63, 3.8) is 0 Å². The zero-order chi connectivity index (χ0) is 27.2. The molecule has 0 saturated heterocycles. The molecule has 2 aromatic carbocycles. The van der Waals surface area contributed by atoms with Gasteiger partial charge in [-0.1, -0.05) is 72.8 Å². The van der Waals surface area contributed by atoms with E-state index in [-0.39, 0.29) is 49.9 Å². The Hall–Kier alpha value is -3.49. The first kappa shape index (κ1) is 29.1. The number of rotatable bonds is 10. The van der Waals surface area contributed by atoms with E-state index in [1.54, 1.807) is 6.92 Å². The van der Waals surface area contributed by atoms with Gasteiger partial charge in [-0.05, 0) is 37.3 Å². The fourth-order valence-electron chi connectivity index (χ4n) is 4.21. The van der Waals surface area contributed by atoms with Crippen molar-refractivity contribution in [3.8, 4) is 0 Å². The third kappa shape index (κ3) is 10.1. The maximum atomic E-state index is 13.2. The highest BCUT2D eigenvalue weighted by molar-refractivity contribution is 5.86. The smallest absolute Gasteiger partial charge is 0.309 e. The Morgan fingerprint density at radius 2 is 1.66 bits per heavy atom. The molecule has 0 radical (unpaired) electrons. The number of allylic oxidation sites excluding steroid dienone is 2. The summed E-state index contributed by atoms with van der Waals surface area (Å²) in [7, 11) is 0. The number of hydrogen-bond donors (Lipinski definition) is 3. The van der Waals surface area contributed by atoms with E-state index in [2.05, 4.69) is 10.6 Å². The van der Waals surface area contributed by atoms with E-state index in [0.717, 1.165) is 11.1 Å². The highest BCUT2D eigenvalue weighted by atomic mass is 16.5. The van der Waals surface area contributed by atoms with Gasteiger partial charge in [-0.15, -0.1) is 0 Å². The van der Waals surface area contributed by atoms with Gasteiger partial charge in [-0.2, -0.15) is 0 Å². The van der Waals surface area contributed by atoms with Crippen LogP contribution in [-0.2, 0) is 36.9 Å². The predicted molar refractivity (Wildman–Crippen MR) is 144 cm³/mol. The molecule has 0 aliphatic carbocycles. The minimum absolute atomic E-state index is 0.0225. The average Bonchev–Trinajstić information content (AvgIpc) is 2.92. The maximum absolute atomic E-state index is 13.2. The summed E-state index contributed by atoms with van der Waals surface area (Å²) in [5, 5.41) is 14.9. The Morgan fingerprint density at radius 1 is 1.03 bits per heavy atom. The van der Waals surface area contributed by atoms with Crippen LogP contribution in [0.3, 0.4) is 0 Å². The van der Waals surface area contributed by atoms with Crippen LogP contribution in [0.4, 0.5) is 0 Å². The van der Waals surface area contributed by atoms with Crippen molar-refractivity contribution in [2.24, 2.45) is 11.8 Å². The highest BCUT2D eigenvalue weighted by Gasteiger charge is 2.27. The van der Waals surface area contributed by atoms with Gasteiger partial charge in [0, 0.05) is 12.5 Å².